The van der Waals surface area contributed by atoms with Gasteiger partial charge >= 0.3 is 0 Å². The summed E-state index contributed by atoms with van der Waals surface area (Å²) in [5.41, 5.74) is 0.830. The summed E-state index contributed by atoms with van der Waals surface area (Å²) in [6.45, 7) is 6.99. The number of hydrogen-bond donors (Lipinski definition) is 1. The van der Waals surface area contributed by atoms with E-state index in [0.29, 0.717) is 45.6 Å². The van der Waals surface area contributed by atoms with Gasteiger partial charge in [0.1, 0.15) is 16.8 Å². The summed E-state index contributed by atoms with van der Waals surface area (Å²) in [5, 5.41) is 11.4. The van der Waals surface area contributed by atoms with Gasteiger partial charge in [-0.05, 0) is 51.9 Å². The number of rotatable bonds is 7. The molecule has 0 unspecified atom stereocenters. The van der Waals surface area contributed by atoms with Gasteiger partial charge in [-0.15, -0.1) is 0 Å². The van der Waals surface area contributed by atoms with E-state index >= 15 is 0 Å². The Morgan fingerprint density at radius 1 is 1.41 bits per heavy atom. The van der Waals surface area contributed by atoms with E-state index in [1.165, 1.54) is 11.1 Å². The molecule has 5 rings (SSSR count). The first-order chi connectivity index (χ1) is 13.8. The van der Waals surface area contributed by atoms with Gasteiger partial charge in [-0.1, -0.05) is 25.9 Å². The van der Waals surface area contributed by atoms with Crippen molar-refractivity contribution < 1.29 is 9.32 Å². The van der Waals surface area contributed by atoms with Gasteiger partial charge in [0.25, 0.3) is 5.56 Å². The molecule has 2 aromatic rings. The summed E-state index contributed by atoms with van der Waals surface area (Å²) >= 11 is 3.42. The molecule has 2 heterocycles. The zero-order chi connectivity index (χ0) is 20.8. The Balaban J connectivity index is 1.40. The second-order valence-corrected chi connectivity index (χ2v) is 9.85. The Morgan fingerprint density at radius 2 is 2.21 bits per heavy atom. The number of aromatic nitrogens is 3. The van der Waals surface area contributed by atoms with Gasteiger partial charge in [-0.3, -0.25) is 9.59 Å². The topological polar surface area (TPSA) is 90.0 Å². The monoisotopic (exact) mass is 462 g/mol. The quantitative estimate of drug-likeness (QED) is 0.674. The Morgan fingerprint density at radius 3 is 2.86 bits per heavy atom. The maximum atomic E-state index is 12.7. The number of nitrogens with one attached hydrogen (secondary N) is 1. The fourth-order valence-corrected chi connectivity index (χ4v) is 5.52. The summed E-state index contributed by atoms with van der Waals surface area (Å²) in [6, 6.07) is 2.06. The highest BCUT2D eigenvalue weighted by Crippen LogP contribution is 2.61. The highest BCUT2D eigenvalue weighted by molar-refractivity contribution is 9.10. The summed E-state index contributed by atoms with van der Waals surface area (Å²) < 4.78 is 6.64. The standard InChI is InChI=1S/C21H27BrN4O3/c1-12-16-8-13(21(16,2)3)9-17(12)25-18-10-23-26(20(28)19(18)22)11-14(27)4-5-15-6-7-24-29-15/h6-7,10,12-13,16-17,25H,4-5,8-9,11H2,1-3H3/t12-,13-,16+,17-/m1/s1. The average molecular weight is 463 g/mol. The second-order valence-electron chi connectivity index (χ2n) is 9.06. The number of Topliss-reactive ketones (excluding diaryl/α,β-unsaturated/α-hetero) is 1. The van der Waals surface area contributed by atoms with Crippen LogP contribution < -0.4 is 10.9 Å². The third kappa shape index (κ3) is 3.79. The third-order valence-corrected chi connectivity index (χ3v) is 7.91. The van der Waals surface area contributed by atoms with Crippen LogP contribution in [0.5, 0.6) is 0 Å². The minimum Gasteiger partial charge on any atom is -0.380 e. The Hall–Kier alpha value is -1.96. The van der Waals surface area contributed by atoms with Crippen molar-refractivity contribution in [3.63, 3.8) is 0 Å². The summed E-state index contributed by atoms with van der Waals surface area (Å²) in [5.74, 6) is 2.57. The van der Waals surface area contributed by atoms with Crippen molar-refractivity contribution in [2.24, 2.45) is 23.2 Å². The number of ketones is 1. The molecular weight excluding hydrogens is 436 g/mol. The van der Waals surface area contributed by atoms with Crippen LogP contribution in [0, 0.1) is 23.2 Å². The number of hydrogen-bond acceptors (Lipinski definition) is 6. The van der Waals surface area contributed by atoms with Crippen LogP contribution in [0.1, 0.15) is 45.8 Å². The van der Waals surface area contributed by atoms with E-state index in [2.05, 4.69) is 52.3 Å². The smallest absolute Gasteiger partial charge is 0.283 e. The lowest BCUT2D eigenvalue weighted by Crippen LogP contribution is -2.58. The SMILES string of the molecule is C[C@H]1[C@H](Nc2cnn(CC(=O)CCc3ccno3)c(=O)c2Br)C[C@H]2C[C@@H]1C2(C)C. The molecule has 29 heavy (non-hydrogen) atoms. The first-order valence-corrected chi connectivity index (χ1v) is 11.0. The molecule has 0 radical (unpaired) electrons. The maximum absolute atomic E-state index is 12.7. The Bertz CT molecular complexity index is 953. The predicted molar refractivity (Wildman–Crippen MR) is 113 cm³/mol. The summed E-state index contributed by atoms with van der Waals surface area (Å²) in [7, 11) is 0. The number of nitrogens with zero attached hydrogens (tertiary/aromatic N) is 3. The van der Waals surface area contributed by atoms with E-state index in [1.807, 2.05) is 0 Å². The van der Waals surface area contributed by atoms with Gasteiger partial charge in [0.15, 0.2) is 5.78 Å². The van der Waals surface area contributed by atoms with Crippen LogP contribution in [0.2, 0.25) is 0 Å². The van der Waals surface area contributed by atoms with E-state index in [0.717, 1.165) is 12.3 Å². The first kappa shape index (κ1) is 20.3. The molecule has 3 fully saturated rings. The fourth-order valence-electron chi connectivity index (χ4n) is 5.10. The van der Waals surface area contributed by atoms with Gasteiger partial charge in [0, 0.05) is 24.9 Å². The van der Waals surface area contributed by atoms with Crippen molar-refractivity contribution in [1.29, 1.82) is 0 Å². The molecule has 0 spiro atoms. The number of anilines is 1. The molecular formula is C21H27BrN4O3. The molecule has 2 bridgehead atoms. The molecule has 156 valence electrons. The van der Waals surface area contributed by atoms with Crippen LogP contribution in [0.4, 0.5) is 5.69 Å². The van der Waals surface area contributed by atoms with Gasteiger partial charge < -0.3 is 9.84 Å². The number of aryl methyl sites for hydroxylation is 1. The van der Waals surface area contributed by atoms with Gasteiger partial charge in [-0.25, -0.2) is 4.68 Å². The maximum Gasteiger partial charge on any atom is 0.283 e. The van der Waals surface area contributed by atoms with Gasteiger partial charge in [-0.2, -0.15) is 5.10 Å². The number of fused-ring (bicyclic) bond motifs is 2. The van der Waals surface area contributed by atoms with Crippen molar-refractivity contribution in [3.05, 3.63) is 39.0 Å². The number of carbonyl (C=O) groups is 1. The second kappa shape index (κ2) is 7.70. The average Bonchev–Trinajstić information content (AvgIpc) is 3.20. The molecule has 8 heteroatoms. The van der Waals surface area contributed by atoms with Crippen LogP contribution in [-0.2, 0) is 17.8 Å². The van der Waals surface area contributed by atoms with E-state index in [9.17, 15) is 9.59 Å². The normalized spacial score (nSPS) is 27.3. The van der Waals surface area contributed by atoms with Crippen LogP contribution in [0.15, 0.2) is 32.3 Å². The van der Waals surface area contributed by atoms with Crippen LogP contribution in [0.25, 0.3) is 0 Å². The van der Waals surface area contributed by atoms with Crippen LogP contribution in [-0.4, -0.2) is 26.8 Å². The van der Waals surface area contributed by atoms with Crippen molar-refractivity contribution >= 4 is 27.4 Å². The van der Waals surface area contributed by atoms with Crippen molar-refractivity contribution in [2.45, 2.75) is 59.0 Å². The van der Waals surface area contributed by atoms with E-state index in [-0.39, 0.29) is 24.3 Å². The Kier molecular flexibility index (Phi) is 5.40. The Labute approximate surface area is 178 Å². The minimum atomic E-state index is -0.294. The van der Waals surface area contributed by atoms with E-state index < -0.39 is 0 Å². The highest BCUT2D eigenvalue weighted by atomic mass is 79.9. The lowest BCUT2D eigenvalue weighted by Gasteiger charge is -2.62. The molecule has 0 saturated heterocycles. The predicted octanol–water partition coefficient (Wildman–Crippen LogP) is 3.68. The lowest BCUT2D eigenvalue weighted by atomic mass is 9.45. The molecule has 1 N–H and O–H groups in total. The molecule has 7 nitrogen and oxygen atoms in total. The van der Waals surface area contributed by atoms with E-state index in [4.69, 9.17) is 4.52 Å². The van der Waals surface area contributed by atoms with Crippen LogP contribution in [0.3, 0.4) is 0 Å². The van der Waals surface area contributed by atoms with Crippen molar-refractivity contribution in [1.82, 2.24) is 14.9 Å². The summed E-state index contributed by atoms with van der Waals surface area (Å²) in [6.07, 6.45) is 6.36. The van der Waals surface area contributed by atoms with Gasteiger partial charge in [0.2, 0.25) is 0 Å². The van der Waals surface area contributed by atoms with Gasteiger partial charge in [0.05, 0.1) is 18.1 Å². The van der Waals surface area contributed by atoms with E-state index in [1.54, 1.807) is 18.5 Å². The highest BCUT2D eigenvalue weighted by Gasteiger charge is 2.56. The first-order valence-electron chi connectivity index (χ1n) is 10.2. The minimum absolute atomic E-state index is 0.0516. The molecule has 0 aliphatic heterocycles. The zero-order valence-corrected chi connectivity index (χ0v) is 18.6. The largest absolute Gasteiger partial charge is 0.380 e. The molecule has 2 aromatic heterocycles. The van der Waals surface area contributed by atoms with Crippen molar-refractivity contribution in [3.8, 4) is 0 Å². The molecule has 3 aliphatic carbocycles. The van der Waals surface area contributed by atoms with Crippen molar-refractivity contribution in [2.75, 3.05) is 5.32 Å². The summed E-state index contributed by atoms with van der Waals surface area (Å²) in [4.78, 5) is 24.9. The molecule has 4 atom stereocenters. The molecule has 0 amide bonds. The fraction of sp³-hybridized carbons (Fsp3) is 0.619. The molecule has 3 aliphatic rings. The molecule has 3 saturated carbocycles. The van der Waals surface area contributed by atoms with Crippen LogP contribution >= 0.6 is 15.9 Å². The number of carbonyl (C=O) groups excluding carboxylic acids is 1. The number of halogens is 1. The third-order valence-electron chi connectivity index (χ3n) is 7.15. The molecule has 0 aromatic carbocycles. The lowest BCUT2D eigenvalue weighted by molar-refractivity contribution is -0.119. The zero-order valence-electron chi connectivity index (χ0n) is 17.0.